The maximum Gasteiger partial charge on any atom is 0.145 e. The molecule has 0 aliphatic carbocycles. The first-order valence-electron chi connectivity index (χ1n) is 16.7. The maximum absolute atomic E-state index is 6.47. The van der Waals surface area contributed by atoms with Crippen molar-refractivity contribution in [3.05, 3.63) is 164 Å². The summed E-state index contributed by atoms with van der Waals surface area (Å²) < 4.78 is 15.0. The Bertz CT molecular complexity index is 3050. The SMILES string of the molecule is c1ccc(-n2c3ccccc3c3c(-c4c5ccccc5c(-c5cccc6oc7ccc8ccoc8c7c56)c5ccccc45)cccc32)cc1. The highest BCUT2D eigenvalue weighted by atomic mass is 16.3. The van der Waals surface area contributed by atoms with Crippen LogP contribution in [0.5, 0.6) is 0 Å². The van der Waals surface area contributed by atoms with Gasteiger partial charge >= 0.3 is 0 Å². The molecule has 228 valence electrons. The fourth-order valence-electron chi connectivity index (χ4n) is 8.33. The highest BCUT2D eigenvalue weighted by molar-refractivity contribution is 6.30. The van der Waals surface area contributed by atoms with Crippen LogP contribution in [-0.4, -0.2) is 4.57 Å². The molecule has 0 saturated carbocycles. The topological polar surface area (TPSA) is 31.2 Å². The van der Waals surface area contributed by atoms with Gasteiger partial charge in [0.2, 0.25) is 0 Å². The predicted molar refractivity (Wildman–Crippen MR) is 204 cm³/mol. The number of rotatable bonds is 3. The quantitative estimate of drug-likeness (QED) is 0.183. The van der Waals surface area contributed by atoms with Gasteiger partial charge in [0.05, 0.1) is 22.7 Å². The summed E-state index contributed by atoms with van der Waals surface area (Å²) in [6.07, 6.45) is 1.76. The number of hydrogen-bond acceptors (Lipinski definition) is 2. The van der Waals surface area contributed by atoms with Gasteiger partial charge in [-0.3, -0.25) is 0 Å². The fourth-order valence-corrected chi connectivity index (χ4v) is 8.33. The molecule has 0 N–H and O–H groups in total. The molecule has 3 aromatic heterocycles. The number of nitrogens with zero attached hydrogens (tertiary/aromatic N) is 1. The molecule has 0 aliphatic heterocycles. The lowest BCUT2D eigenvalue weighted by atomic mass is 9.84. The molecule has 0 unspecified atom stereocenters. The smallest absolute Gasteiger partial charge is 0.145 e. The average Bonchev–Trinajstić information content (AvgIpc) is 3.88. The van der Waals surface area contributed by atoms with Crippen LogP contribution in [0.15, 0.2) is 173 Å². The van der Waals surface area contributed by atoms with Gasteiger partial charge in [-0.1, -0.05) is 109 Å². The molecule has 3 heterocycles. The van der Waals surface area contributed by atoms with Crippen molar-refractivity contribution in [2.24, 2.45) is 0 Å². The molecule has 3 heteroatoms. The highest BCUT2D eigenvalue weighted by Crippen LogP contribution is 2.49. The predicted octanol–water partition coefficient (Wildman–Crippen LogP) is 13.1. The zero-order chi connectivity index (χ0) is 32.1. The number of aromatic nitrogens is 1. The van der Waals surface area contributed by atoms with Gasteiger partial charge < -0.3 is 13.4 Å². The van der Waals surface area contributed by atoms with Crippen LogP contribution in [0, 0.1) is 0 Å². The van der Waals surface area contributed by atoms with E-state index in [4.69, 9.17) is 8.83 Å². The van der Waals surface area contributed by atoms with Crippen LogP contribution in [0.3, 0.4) is 0 Å². The minimum absolute atomic E-state index is 0.830. The third-order valence-corrected chi connectivity index (χ3v) is 10.3. The largest absolute Gasteiger partial charge is 0.464 e. The molecule has 0 spiro atoms. The summed E-state index contributed by atoms with van der Waals surface area (Å²) in [7, 11) is 0. The molecule has 49 heavy (non-hydrogen) atoms. The summed E-state index contributed by atoms with van der Waals surface area (Å²) in [5, 5.41) is 10.5. The summed E-state index contributed by atoms with van der Waals surface area (Å²) in [5.41, 5.74) is 10.9. The standard InChI is InChI=1S/C46H27NO2/c1-2-12-29(13-3-1)47-37-21-9-8-18-34(37)43-35(19-10-22-38(43)47)41-30-14-4-6-16-32(30)42(33-17-7-5-15-31(33)41)36-20-11-23-39-44(36)45-40(49-39)25-24-28-26-27-48-46(28)45/h1-27H. The van der Waals surface area contributed by atoms with Crippen LogP contribution in [-0.2, 0) is 0 Å². The Morgan fingerprint density at radius 1 is 0.388 bits per heavy atom. The van der Waals surface area contributed by atoms with E-state index in [1.807, 2.05) is 6.07 Å². The van der Waals surface area contributed by atoms with E-state index in [9.17, 15) is 0 Å². The molecule has 11 aromatic rings. The monoisotopic (exact) mass is 625 g/mol. The van der Waals surface area contributed by atoms with Gasteiger partial charge in [-0.25, -0.2) is 0 Å². The molecular weight excluding hydrogens is 599 g/mol. The van der Waals surface area contributed by atoms with Gasteiger partial charge in [0.25, 0.3) is 0 Å². The number of para-hydroxylation sites is 2. The van der Waals surface area contributed by atoms with E-state index in [-0.39, 0.29) is 0 Å². The van der Waals surface area contributed by atoms with Crippen LogP contribution >= 0.6 is 0 Å². The molecule has 0 saturated heterocycles. The summed E-state index contributed by atoms with van der Waals surface area (Å²) in [4.78, 5) is 0. The van der Waals surface area contributed by atoms with Crippen LogP contribution in [0.4, 0.5) is 0 Å². The summed E-state index contributed by atoms with van der Waals surface area (Å²) >= 11 is 0. The number of hydrogen-bond donors (Lipinski definition) is 0. The van der Waals surface area contributed by atoms with Crippen LogP contribution in [0.1, 0.15) is 0 Å². The van der Waals surface area contributed by atoms with E-state index in [1.54, 1.807) is 6.26 Å². The van der Waals surface area contributed by atoms with Gasteiger partial charge in [-0.05, 0) is 92.3 Å². The summed E-state index contributed by atoms with van der Waals surface area (Å²) in [5.74, 6) is 0. The Morgan fingerprint density at radius 3 is 1.67 bits per heavy atom. The van der Waals surface area contributed by atoms with Crippen molar-refractivity contribution in [2.45, 2.75) is 0 Å². The second-order valence-electron chi connectivity index (χ2n) is 12.8. The molecule has 0 radical (unpaired) electrons. The van der Waals surface area contributed by atoms with E-state index in [2.05, 4.69) is 156 Å². The molecule has 0 fully saturated rings. The third-order valence-electron chi connectivity index (χ3n) is 10.3. The molecule has 0 aliphatic rings. The first kappa shape index (κ1) is 26.5. The summed E-state index contributed by atoms with van der Waals surface area (Å²) in [6, 6.07) is 56.5. The molecule has 0 atom stereocenters. The minimum atomic E-state index is 0.830. The molecule has 0 bridgehead atoms. The van der Waals surface area contributed by atoms with Gasteiger partial charge in [-0.2, -0.15) is 0 Å². The second-order valence-corrected chi connectivity index (χ2v) is 12.8. The lowest BCUT2D eigenvalue weighted by molar-refractivity contribution is 0.618. The van der Waals surface area contributed by atoms with Crippen molar-refractivity contribution < 1.29 is 8.83 Å². The van der Waals surface area contributed by atoms with E-state index < -0.39 is 0 Å². The highest BCUT2D eigenvalue weighted by Gasteiger charge is 2.23. The Balaban J connectivity index is 1.30. The van der Waals surface area contributed by atoms with Gasteiger partial charge in [0.15, 0.2) is 0 Å². The van der Waals surface area contributed by atoms with Crippen molar-refractivity contribution >= 4 is 76.3 Å². The Hall–Kier alpha value is -6.58. The Morgan fingerprint density at radius 2 is 0.959 bits per heavy atom. The average molecular weight is 626 g/mol. The van der Waals surface area contributed by atoms with Crippen LogP contribution in [0.25, 0.3) is 104 Å². The van der Waals surface area contributed by atoms with E-state index in [0.717, 1.165) is 44.2 Å². The third kappa shape index (κ3) is 3.62. The van der Waals surface area contributed by atoms with E-state index >= 15 is 0 Å². The van der Waals surface area contributed by atoms with Gasteiger partial charge in [0.1, 0.15) is 16.7 Å². The van der Waals surface area contributed by atoms with Gasteiger partial charge in [0, 0.05) is 27.2 Å². The number of furan rings is 2. The van der Waals surface area contributed by atoms with Crippen molar-refractivity contribution in [3.8, 4) is 27.9 Å². The lowest BCUT2D eigenvalue weighted by Crippen LogP contribution is -1.94. The fraction of sp³-hybridized carbons (Fsp3) is 0. The van der Waals surface area contributed by atoms with Crippen molar-refractivity contribution in [1.29, 1.82) is 0 Å². The normalized spacial score (nSPS) is 12.1. The zero-order valence-electron chi connectivity index (χ0n) is 26.4. The number of fused-ring (bicyclic) bond motifs is 10. The molecule has 11 rings (SSSR count). The van der Waals surface area contributed by atoms with Crippen LogP contribution in [0.2, 0.25) is 0 Å². The van der Waals surface area contributed by atoms with Crippen molar-refractivity contribution in [1.82, 2.24) is 4.57 Å². The minimum Gasteiger partial charge on any atom is -0.464 e. The summed E-state index contributed by atoms with van der Waals surface area (Å²) in [6.45, 7) is 0. The maximum atomic E-state index is 6.47. The lowest BCUT2D eigenvalue weighted by Gasteiger charge is -2.19. The second kappa shape index (κ2) is 9.96. The van der Waals surface area contributed by atoms with E-state index in [1.165, 1.54) is 60.0 Å². The first-order valence-corrected chi connectivity index (χ1v) is 16.7. The molecular formula is C46H27NO2. The van der Waals surface area contributed by atoms with Crippen molar-refractivity contribution in [3.63, 3.8) is 0 Å². The van der Waals surface area contributed by atoms with Gasteiger partial charge in [-0.15, -0.1) is 0 Å². The molecule has 3 nitrogen and oxygen atoms in total. The van der Waals surface area contributed by atoms with Crippen molar-refractivity contribution in [2.75, 3.05) is 0 Å². The Kier molecular flexibility index (Phi) is 5.38. The zero-order valence-corrected chi connectivity index (χ0v) is 26.4. The Labute approximate surface area is 280 Å². The molecule has 8 aromatic carbocycles. The number of benzene rings is 8. The molecule has 0 amide bonds. The van der Waals surface area contributed by atoms with Crippen LogP contribution < -0.4 is 0 Å². The first-order chi connectivity index (χ1) is 24.3. The van der Waals surface area contributed by atoms with E-state index in [0.29, 0.717) is 0 Å².